The topological polar surface area (TPSA) is 12.4 Å². The highest BCUT2D eigenvalue weighted by atomic mass is 35.5. The van der Waals surface area contributed by atoms with Crippen LogP contribution in [0.5, 0.6) is 0 Å². The lowest BCUT2D eigenvalue weighted by molar-refractivity contribution is 0.493. The van der Waals surface area contributed by atoms with Gasteiger partial charge < -0.3 is 0 Å². The van der Waals surface area contributed by atoms with Crippen LogP contribution in [-0.2, 0) is 5.41 Å². The average Bonchev–Trinajstić information content (AvgIpc) is 2.67. The Labute approximate surface area is 125 Å². The lowest BCUT2D eigenvalue weighted by atomic mass is 9.68. The SMILES string of the molecule is CC(C)c1cc(Cl)c(Cl)c2c1C1(C)CCCCC1=N2. The highest BCUT2D eigenvalue weighted by molar-refractivity contribution is 6.44. The van der Waals surface area contributed by atoms with Gasteiger partial charge in [-0.25, -0.2) is 0 Å². The van der Waals surface area contributed by atoms with Gasteiger partial charge in [0.05, 0.1) is 15.7 Å². The molecule has 1 heterocycles. The monoisotopic (exact) mass is 295 g/mol. The summed E-state index contributed by atoms with van der Waals surface area (Å²) in [6, 6.07) is 2.05. The first-order chi connectivity index (χ1) is 8.95. The highest BCUT2D eigenvalue weighted by Gasteiger charge is 2.43. The van der Waals surface area contributed by atoms with E-state index in [1.54, 1.807) is 0 Å². The van der Waals surface area contributed by atoms with Crippen LogP contribution in [0, 0.1) is 0 Å². The van der Waals surface area contributed by atoms with E-state index >= 15 is 0 Å². The van der Waals surface area contributed by atoms with E-state index in [1.165, 1.54) is 36.1 Å². The third-order valence-corrected chi connectivity index (χ3v) is 5.40. The van der Waals surface area contributed by atoms with Gasteiger partial charge in [0.2, 0.25) is 0 Å². The largest absolute Gasteiger partial charge is 0.255 e. The fourth-order valence-electron chi connectivity index (χ4n) is 3.55. The van der Waals surface area contributed by atoms with Crippen molar-refractivity contribution >= 4 is 34.6 Å². The maximum Gasteiger partial charge on any atom is 0.0875 e. The molecule has 1 saturated carbocycles. The zero-order valence-electron chi connectivity index (χ0n) is 11.7. The zero-order valence-corrected chi connectivity index (χ0v) is 13.2. The Morgan fingerprint density at radius 1 is 1.26 bits per heavy atom. The molecule has 0 N–H and O–H groups in total. The van der Waals surface area contributed by atoms with Crippen molar-refractivity contribution in [1.29, 1.82) is 0 Å². The van der Waals surface area contributed by atoms with Crippen LogP contribution in [0.3, 0.4) is 0 Å². The van der Waals surface area contributed by atoms with Crippen molar-refractivity contribution in [2.24, 2.45) is 4.99 Å². The Kier molecular flexibility index (Phi) is 3.18. The number of fused-ring (bicyclic) bond motifs is 3. The maximum absolute atomic E-state index is 6.40. The minimum atomic E-state index is 0.0847. The summed E-state index contributed by atoms with van der Waals surface area (Å²) in [5, 5.41) is 1.26. The van der Waals surface area contributed by atoms with Gasteiger partial charge in [-0.3, -0.25) is 4.99 Å². The quantitative estimate of drug-likeness (QED) is 0.599. The predicted octanol–water partition coefficient (Wildman–Crippen LogP) is 6.03. The summed E-state index contributed by atoms with van der Waals surface area (Å²) in [6.07, 6.45) is 4.78. The molecule has 0 radical (unpaired) electrons. The van der Waals surface area contributed by atoms with Crippen LogP contribution in [0.25, 0.3) is 0 Å². The summed E-state index contributed by atoms with van der Waals surface area (Å²) >= 11 is 12.7. The van der Waals surface area contributed by atoms with E-state index in [9.17, 15) is 0 Å². The van der Waals surface area contributed by atoms with E-state index in [-0.39, 0.29) is 5.41 Å². The average molecular weight is 296 g/mol. The van der Waals surface area contributed by atoms with E-state index in [1.807, 2.05) is 6.07 Å². The molecule has 1 aromatic rings. The zero-order chi connectivity index (χ0) is 13.8. The first-order valence-corrected chi connectivity index (χ1v) is 7.81. The minimum Gasteiger partial charge on any atom is -0.255 e. The summed E-state index contributed by atoms with van der Waals surface area (Å²) < 4.78 is 0. The predicted molar refractivity (Wildman–Crippen MR) is 83.5 cm³/mol. The Morgan fingerprint density at radius 2 is 2.00 bits per heavy atom. The van der Waals surface area contributed by atoms with Gasteiger partial charge in [-0.1, -0.05) is 50.4 Å². The van der Waals surface area contributed by atoms with E-state index in [0.29, 0.717) is 16.0 Å². The van der Waals surface area contributed by atoms with Gasteiger partial charge in [-0.2, -0.15) is 0 Å². The third-order valence-electron chi connectivity index (χ3n) is 4.62. The van der Waals surface area contributed by atoms with E-state index < -0.39 is 0 Å². The fraction of sp³-hybridized carbons (Fsp3) is 0.562. The summed E-state index contributed by atoms with van der Waals surface area (Å²) in [7, 11) is 0. The second-order valence-electron chi connectivity index (χ2n) is 6.24. The van der Waals surface area contributed by atoms with Gasteiger partial charge in [0.1, 0.15) is 0 Å². The van der Waals surface area contributed by atoms with Crippen molar-refractivity contribution in [3.8, 4) is 0 Å². The number of rotatable bonds is 1. The highest BCUT2D eigenvalue weighted by Crippen LogP contribution is 2.53. The van der Waals surface area contributed by atoms with E-state index in [4.69, 9.17) is 28.2 Å². The molecule has 1 aliphatic heterocycles. The summed E-state index contributed by atoms with van der Waals surface area (Å²) in [4.78, 5) is 4.85. The van der Waals surface area contributed by atoms with Crippen LogP contribution in [0.2, 0.25) is 10.0 Å². The van der Waals surface area contributed by atoms with Gasteiger partial charge in [0.25, 0.3) is 0 Å². The molecule has 1 aromatic carbocycles. The van der Waals surface area contributed by atoms with Crippen molar-refractivity contribution in [3.05, 3.63) is 27.2 Å². The standard InChI is InChI=1S/C16H19Cl2N/c1-9(2)10-8-11(17)14(18)15-13(10)16(3)7-5-4-6-12(16)19-15/h8-9H,4-7H2,1-3H3. The molecular weight excluding hydrogens is 277 g/mol. The van der Waals surface area contributed by atoms with Crippen molar-refractivity contribution < 1.29 is 0 Å². The second-order valence-corrected chi connectivity index (χ2v) is 7.02. The molecular formula is C16H19Cl2N. The number of aliphatic imine (C=N–C) groups is 1. The van der Waals surface area contributed by atoms with Crippen LogP contribution >= 0.6 is 23.2 Å². The van der Waals surface area contributed by atoms with Gasteiger partial charge >= 0.3 is 0 Å². The van der Waals surface area contributed by atoms with Gasteiger partial charge in [0, 0.05) is 11.1 Å². The second kappa shape index (κ2) is 4.49. The molecule has 1 unspecified atom stereocenters. The molecule has 0 saturated heterocycles. The fourth-order valence-corrected chi connectivity index (χ4v) is 3.94. The van der Waals surface area contributed by atoms with Gasteiger partial charge in [-0.15, -0.1) is 0 Å². The summed E-state index contributed by atoms with van der Waals surface area (Å²) in [6.45, 7) is 6.75. The number of hydrogen-bond donors (Lipinski definition) is 0. The van der Waals surface area contributed by atoms with Crippen LogP contribution in [0.1, 0.15) is 63.5 Å². The molecule has 0 amide bonds. The lowest BCUT2D eigenvalue weighted by Gasteiger charge is -2.34. The Hall–Kier alpha value is -0.530. The molecule has 0 aromatic heterocycles. The van der Waals surface area contributed by atoms with E-state index in [0.717, 1.165) is 12.1 Å². The normalized spacial score (nSPS) is 25.3. The number of nitrogens with zero attached hydrogens (tertiary/aromatic N) is 1. The molecule has 3 rings (SSSR count). The third kappa shape index (κ3) is 1.86. The first kappa shape index (κ1) is 13.5. The molecule has 102 valence electrons. The van der Waals surface area contributed by atoms with Crippen molar-refractivity contribution in [2.45, 2.75) is 57.8 Å². The van der Waals surface area contributed by atoms with Gasteiger partial charge in [-0.05, 0) is 42.4 Å². The van der Waals surface area contributed by atoms with Crippen LogP contribution in [0.4, 0.5) is 5.69 Å². The van der Waals surface area contributed by atoms with Crippen molar-refractivity contribution in [2.75, 3.05) is 0 Å². The number of halogens is 2. The molecule has 0 bridgehead atoms. The Bertz CT molecular complexity index is 575. The summed E-state index contributed by atoms with van der Waals surface area (Å²) in [5.41, 5.74) is 4.98. The van der Waals surface area contributed by atoms with E-state index in [2.05, 4.69) is 20.8 Å². The molecule has 1 nitrogen and oxygen atoms in total. The van der Waals surface area contributed by atoms with Crippen molar-refractivity contribution in [1.82, 2.24) is 0 Å². The summed E-state index contributed by atoms with van der Waals surface area (Å²) in [5.74, 6) is 0.441. The number of benzene rings is 1. The molecule has 1 atom stereocenters. The Morgan fingerprint density at radius 3 is 2.68 bits per heavy atom. The number of hydrogen-bond acceptors (Lipinski definition) is 1. The molecule has 19 heavy (non-hydrogen) atoms. The lowest BCUT2D eigenvalue weighted by Crippen LogP contribution is -2.33. The van der Waals surface area contributed by atoms with Crippen molar-refractivity contribution in [3.63, 3.8) is 0 Å². The minimum absolute atomic E-state index is 0.0847. The smallest absolute Gasteiger partial charge is 0.0875 e. The van der Waals surface area contributed by atoms with Crippen LogP contribution < -0.4 is 0 Å². The van der Waals surface area contributed by atoms with Gasteiger partial charge in [0.15, 0.2) is 0 Å². The molecule has 1 aliphatic carbocycles. The van der Waals surface area contributed by atoms with Crippen LogP contribution in [0.15, 0.2) is 11.1 Å². The molecule has 1 fully saturated rings. The molecule has 0 spiro atoms. The van der Waals surface area contributed by atoms with Crippen LogP contribution in [-0.4, -0.2) is 5.71 Å². The maximum atomic E-state index is 6.40. The molecule has 3 heteroatoms. The molecule has 2 aliphatic rings. The first-order valence-electron chi connectivity index (χ1n) is 7.05. The Balaban J connectivity index is 2.30.